The molecule has 0 saturated carbocycles. The maximum Gasteiger partial charge on any atom is 0.416 e. The van der Waals surface area contributed by atoms with Gasteiger partial charge in [0.1, 0.15) is 0 Å². The quantitative estimate of drug-likeness (QED) is 0.916. The Bertz CT molecular complexity index is 549. The van der Waals surface area contributed by atoms with Gasteiger partial charge in [0.15, 0.2) is 0 Å². The molecule has 20 heavy (non-hydrogen) atoms. The predicted octanol–water partition coefficient (Wildman–Crippen LogP) is 3.29. The van der Waals surface area contributed by atoms with Gasteiger partial charge in [-0.05, 0) is 24.3 Å². The normalized spacial score (nSPS) is 11.6. The second-order valence-electron chi connectivity index (χ2n) is 4.14. The van der Waals surface area contributed by atoms with Gasteiger partial charge in [-0.25, -0.2) is 4.98 Å². The Morgan fingerprint density at radius 1 is 1.25 bits per heavy atom. The summed E-state index contributed by atoms with van der Waals surface area (Å²) < 4.78 is 44.1. The van der Waals surface area contributed by atoms with E-state index >= 15 is 0 Å². The maximum atomic E-state index is 12.4. The molecule has 0 aliphatic heterocycles. The summed E-state index contributed by atoms with van der Waals surface area (Å²) in [6, 6.07) is 4.81. The van der Waals surface area contributed by atoms with E-state index in [0.717, 1.165) is 12.1 Å². The Morgan fingerprint density at radius 2 is 1.95 bits per heavy atom. The molecule has 0 amide bonds. The Kier molecular flexibility index (Phi) is 4.29. The fourth-order valence-electron chi connectivity index (χ4n) is 1.67. The van der Waals surface area contributed by atoms with Gasteiger partial charge in [-0.15, -0.1) is 0 Å². The fourth-order valence-corrected chi connectivity index (χ4v) is 1.67. The third kappa shape index (κ3) is 3.51. The average Bonchev–Trinajstić information content (AvgIpc) is 2.83. The minimum Gasteiger partial charge on any atom is -0.383 e. The summed E-state index contributed by atoms with van der Waals surface area (Å²) in [5.74, 6) is 0.557. The van der Waals surface area contributed by atoms with Crippen molar-refractivity contribution in [1.29, 1.82) is 0 Å². The van der Waals surface area contributed by atoms with Crippen molar-refractivity contribution in [2.45, 2.75) is 12.7 Å². The van der Waals surface area contributed by atoms with Crippen LogP contribution >= 0.6 is 0 Å². The number of hydrogen-bond donors (Lipinski definition) is 1. The third-order valence-electron chi connectivity index (χ3n) is 2.72. The summed E-state index contributed by atoms with van der Waals surface area (Å²) in [7, 11) is 1.60. The highest BCUT2D eigenvalue weighted by Gasteiger charge is 2.29. The molecule has 2 rings (SSSR count). The lowest BCUT2D eigenvalue weighted by molar-refractivity contribution is -0.137. The standard InChI is InChI=1S/C13H14F3N3O/c1-20-9-8-19-7-6-17-12(19)18-11-4-2-10(3-5-11)13(14,15)16/h2-7H,8-9H2,1H3,(H,17,18). The van der Waals surface area contributed by atoms with Crippen molar-refractivity contribution in [1.82, 2.24) is 9.55 Å². The molecule has 1 aromatic carbocycles. The molecule has 1 N–H and O–H groups in total. The molecule has 4 nitrogen and oxygen atoms in total. The van der Waals surface area contributed by atoms with Crippen LogP contribution in [0.5, 0.6) is 0 Å². The molecule has 0 fully saturated rings. The monoisotopic (exact) mass is 285 g/mol. The van der Waals surface area contributed by atoms with Gasteiger partial charge in [-0.3, -0.25) is 0 Å². The number of halogens is 3. The smallest absolute Gasteiger partial charge is 0.383 e. The van der Waals surface area contributed by atoms with Crippen LogP contribution in [0.1, 0.15) is 5.56 Å². The topological polar surface area (TPSA) is 39.1 Å². The molecule has 0 spiro atoms. The molecule has 0 bridgehead atoms. The first kappa shape index (κ1) is 14.4. The van der Waals surface area contributed by atoms with Crippen molar-refractivity contribution in [3.05, 3.63) is 42.2 Å². The number of hydrogen-bond acceptors (Lipinski definition) is 3. The van der Waals surface area contributed by atoms with Crippen LogP contribution in [0.4, 0.5) is 24.8 Å². The number of alkyl halides is 3. The van der Waals surface area contributed by atoms with E-state index in [1.54, 1.807) is 19.5 Å². The van der Waals surface area contributed by atoms with Crippen LogP contribution in [-0.2, 0) is 17.5 Å². The van der Waals surface area contributed by atoms with Gasteiger partial charge in [-0.1, -0.05) is 0 Å². The Balaban J connectivity index is 2.09. The van der Waals surface area contributed by atoms with Gasteiger partial charge < -0.3 is 14.6 Å². The van der Waals surface area contributed by atoms with Gasteiger partial charge in [0, 0.05) is 31.7 Å². The summed E-state index contributed by atoms with van der Waals surface area (Å²) in [6.45, 7) is 1.14. The number of ether oxygens (including phenoxy) is 1. The Hall–Kier alpha value is -2.02. The SMILES string of the molecule is COCCn1ccnc1Nc1ccc(C(F)(F)F)cc1. The second kappa shape index (κ2) is 5.96. The lowest BCUT2D eigenvalue weighted by Gasteiger charge is -2.11. The number of aromatic nitrogens is 2. The molecule has 1 heterocycles. The number of rotatable bonds is 5. The van der Waals surface area contributed by atoms with E-state index in [4.69, 9.17) is 4.74 Å². The van der Waals surface area contributed by atoms with Crippen molar-refractivity contribution >= 4 is 11.6 Å². The molecule has 0 unspecified atom stereocenters. The van der Waals surface area contributed by atoms with E-state index in [9.17, 15) is 13.2 Å². The average molecular weight is 285 g/mol. The first-order valence-corrected chi connectivity index (χ1v) is 5.95. The van der Waals surface area contributed by atoms with Crippen LogP contribution < -0.4 is 5.32 Å². The number of nitrogens with zero attached hydrogens (tertiary/aromatic N) is 2. The summed E-state index contributed by atoms with van der Waals surface area (Å²) in [5.41, 5.74) is -0.131. The summed E-state index contributed by atoms with van der Waals surface area (Å²) in [4.78, 5) is 4.11. The van der Waals surface area contributed by atoms with Gasteiger partial charge in [0.2, 0.25) is 5.95 Å². The van der Waals surface area contributed by atoms with Crippen LogP contribution in [0.3, 0.4) is 0 Å². The van der Waals surface area contributed by atoms with Crippen molar-refractivity contribution in [3.8, 4) is 0 Å². The van der Waals surface area contributed by atoms with Crippen LogP contribution in [0.2, 0.25) is 0 Å². The Morgan fingerprint density at radius 3 is 2.55 bits per heavy atom. The molecule has 0 atom stereocenters. The van der Waals surface area contributed by atoms with Crippen LogP contribution in [0, 0.1) is 0 Å². The molecule has 0 radical (unpaired) electrons. The van der Waals surface area contributed by atoms with Gasteiger partial charge >= 0.3 is 6.18 Å². The number of benzene rings is 1. The fraction of sp³-hybridized carbons (Fsp3) is 0.308. The molecule has 0 saturated heterocycles. The van der Waals surface area contributed by atoms with Crippen LogP contribution in [0.15, 0.2) is 36.7 Å². The Labute approximate surface area is 114 Å². The first-order valence-electron chi connectivity index (χ1n) is 5.95. The highest BCUT2D eigenvalue weighted by molar-refractivity contribution is 5.54. The zero-order valence-corrected chi connectivity index (χ0v) is 10.8. The molecular weight excluding hydrogens is 271 g/mol. The lowest BCUT2D eigenvalue weighted by Crippen LogP contribution is -2.08. The zero-order valence-electron chi connectivity index (χ0n) is 10.8. The molecule has 7 heteroatoms. The molecule has 0 aliphatic rings. The van der Waals surface area contributed by atoms with Crippen molar-refractivity contribution in [2.75, 3.05) is 19.0 Å². The third-order valence-corrected chi connectivity index (χ3v) is 2.72. The summed E-state index contributed by atoms with van der Waals surface area (Å²) in [5, 5.41) is 2.97. The van der Waals surface area contributed by atoms with E-state index in [2.05, 4.69) is 10.3 Å². The van der Waals surface area contributed by atoms with E-state index in [1.165, 1.54) is 12.1 Å². The highest BCUT2D eigenvalue weighted by atomic mass is 19.4. The first-order chi connectivity index (χ1) is 9.50. The van der Waals surface area contributed by atoms with E-state index in [-0.39, 0.29) is 0 Å². The minimum atomic E-state index is -4.32. The van der Waals surface area contributed by atoms with E-state index in [0.29, 0.717) is 24.8 Å². The van der Waals surface area contributed by atoms with Gasteiger partial charge in [0.25, 0.3) is 0 Å². The van der Waals surface area contributed by atoms with Crippen LogP contribution in [-0.4, -0.2) is 23.3 Å². The molecular formula is C13H14F3N3O. The predicted molar refractivity (Wildman–Crippen MR) is 68.8 cm³/mol. The van der Waals surface area contributed by atoms with Crippen LogP contribution in [0.25, 0.3) is 0 Å². The van der Waals surface area contributed by atoms with Crippen molar-refractivity contribution < 1.29 is 17.9 Å². The molecule has 1 aromatic heterocycles. The number of nitrogens with one attached hydrogen (secondary N) is 1. The maximum absolute atomic E-state index is 12.4. The summed E-state index contributed by atoms with van der Waals surface area (Å²) >= 11 is 0. The molecule has 2 aromatic rings. The zero-order chi connectivity index (χ0) is 14.6. The highest BCUT2D eigenvalue weighted by Crippen LogP contribution is 2.30. The van der Waals surface area contributed by atoms with Gasteiger partial charge in [0.05, 0.1) is 12.2 Å². The number of anilines is 2. The molecule has 108 valence electrons. The van der Waals surface area contributed by atoms with Gasteiger partial charge in [-0.2, -0.15) is 13.2 Å². The minimum absolute atomic E-state index is 0.526. The lowest BCUT2D eigenvalue weighted by atomic mass is 10.2. The van der Waals surface area contributed by atoms with E-state index in [1.807, 2.05) is 4.57 Å². The number of imidazole rings is 1. The van der Waals surface area contributed by atoms with E-state index < -0.39 is 11.7 Å². The van der Waals surface area contributed by atoms with Crippen molar-refractivity contribution in [3.63, 3.8) is 0 Å². The second-order valence-corrected chi connectivity index (χ2v) is 4.14. The number of methoxy groups -OCH3 is 1. The summed E-state index contributed by atoms with van der Waals surface area (Å²) in [6.07, 6.45) is -0.941. The van der Waals surface area contributed by atoms with Crippen molar-refractivity contribution in [2.24, 2.45) is 0 Å². The molecule has 0 aliphatic carbocycles. The largest absolute Gasteiger partial charge is 0.416 e.